The van der Waals surface area contributed by atoms with Crippen molar-refractivity contribution in [2.24, 2.45) is 16.5 Å². The van der Waals surface area contributed by atoms with Crippen molar-refractivity contribution in [3.8, 4) is 0 Å². The Bertz CT molecular complexity index is 329. The van der Waals surface area contributed by atoms with Gasteiger partial charge in [0.1, 0.15) is 0 Å². The summed E-state index contributed by atoms with van der Waals surface area (Å²) in [7, 11) is -3.38. The SMILES string of the molecule is NS(=O)(=O)CC1(COCC2CC2)CCCC1. The first-order chi connectivity index (χ1) is 7.49. The van der Waals surface area contributed by atoms with Gasteiger partial charge in [0.2, 0.25) is 10.0 Å². The predicted octanol–water partition coefficient (Wildman–Crippen LogP) is 1.26. The third-order valence-corrected chi connectivity index (χ3v) is 4.65. The van der Waals surface area contributed by atoms with E-state index in [1.165, 1.54) is 12.8 Å². The van der Waals surface area contributed by atoms with Crippen LogP contribution in [0.25, 0.3) is 0 Å². The summed E-state index contributed by atoms with van der Waals surface area (Å²) in [5.41, 5.74) is -0.192. The Balaban J connectivity index is 1.86. The van der Waals surface area contributed by atoms with E-state index in [1.807, 2.05) is 0 Å². The molecule has 0 aromatic heterocycles. The summed E-state index contributed by atoms with van der Waals surface area (Å²) in [4.78, 5) is 0. The van der Waals surface area contributed by atoms with Crippen LogP contribution in [-0.2, 0) is 14.8 Å². The third kappa shape index (κ3) is 3.71. The molecule has 2 aliphatic rings. The van der Waals surface area contributed by atoms with Crippen molar-refractivity contribution in [2.45, 2.75) is 38.5 Å². The van der Waals surface area contributed by atoms with Gasteiger partial charge in [0.15, 0.2) is 0 Å². The first kappa shape index (κ1) is 12.3. The predicted molar refractivity (Wildman–Crippen MR) is 62.4 cm³/mol. The van der Waals surface area contributed by atoms with Crippen molar-refractivity contribution >= 4 is 10.0 Å². The van der Waals surface area contributed by atoms with E-state index in [0.29, 0.717) is 6.61 Å². The average molecular weight is 247 g/mol. The Morgan fingerprint density at radius 3 is 2.38 bits per heavy atom. The van der Waals surface area contributed by atoms with Crippen molar-refractivity contribution in [1.82, 2.24) is 0 Å². The Morgan fingerprint density at radius 2 is 1.88 bits per heavy atom. The molecule has 0 atom stereocenters. The smallest absolute Gasteiger partial charge is 0.209 e. The molecule has 0 unspecified atom stereocenters. The lowest BCUT2D eigenvalue weighted by molar-refractivity contribution is 0.0517. The van der Waals surface area contributed by atoms with Gasteiger partial charge in [-0.25, -0.2) is 13.6 Å². The molecule has 0 aliphatic heterocycles. The molecule has 0 aromatic carbocycles. The van der Waals surface area contributed by atoms with E-state index < -0.39 is 10.0 Å². The van der Waals surface area contributed by atoms with Gasteiger partial charge in [-0.1, -0.05) is 12.8 Å². The molecule has 16 heavy (non-hydrogen) atoms. The highest BCUT2D eigenvalue weighted by atomic mass is 32.2. The van der Waals surface area contributed by atoms with Crippen molar-refractivity contribution in [3.05, 3.63) is 0 Å². The van der Waals surface area contributed by atoms with Gasteiger partial charge in [0, 0.05) is 12.0 Å². The van der Waals surface area contributed by atoms with Gasteiger partial charge in [-0.15, -0.1) is 0 Å². The van der Waals surface area contributed by atoms with Crippen molar-refractivity contribution < 1.29 is 13.2 Å². The fourth-order valence-corrected chi connectivity index (χ4v) is 3.83. The number of rotatable bonds is 6. The van der Waals surface area contributed by atoms with Crippen LogP contribution in [0.3, 0.4) is 0 Å². The van der Waals surface area contributed by atoms with Gasteiger partial charge in [-0.05, 0) is 31.6 Å². The minimum atomic E-state index is -3.38. The van der Waals surface area contributed by atoms with Gasteiger partial charge in [0.25, 0.3) is 0 Å². The van der Waals surface area contributed by atoms with E-state index in [-0.39, 0.29) is 11.2 Å². The largest absolute Gasteiger partial charge is 0.381 e. The fourth-order valence-electron chi connectivity index (χ4n) is 2.61. The molecule has 0 spiro atoms. The zero-order chi connectivity index (χ0) is 11.6. The second-order valence-corrected chi connectivity index (χ2v) is 7.09. The number of primary sulfonamides is 1. The van der Waals surface area contributed by atoms with Crippen LogP contribution >= 0.6 is 0 Å². The van der Waals surface area contributed by atoms with Crippen LogP contribution in [0, 0.1) is 11.3 Å². The van der Waals surface area contributed by atoms with Crippen LogP contribution in [-0.4, -0.2) is 27.4 Å². The Labute approximate surface area is 97.6 Å². The quantitative estimate of drug-likeness (QED) is 0.768. The normalized spacial score (nSPS) is 24.8. The molecule has 0 heterocycles. The molecular formula is C11H21NO3S. The highest BCUT2D eigenvalue weighted by Crippen LogP contribution is 2.40. The molecule has 0 bridgehead atoms. The van der Waals surface area contributed by atoms with E-state index in [1.54, 1.807) is 0 Å². The summed E-state index contributed by atoms with van der Waals surface area (Å²) in [6.45, 7) is 1.37. The molecule has 4 nitrogen and oxygen atoms in total. The summed E-state index contributed by atoms with van der Waals surface area (Å²) in [5, 5.41) is 5.16. The van der Waals surface area contributed by atoms with E-state index >= 15 is 0 Å². The zero-order valence-electron chi connectivity index (χ0n) is 9.65. The molecule has 2 saturated carbocycles. The summed E-state index contributed by atoms with van der Waals surface area (Å²) < 4.78 is 28.1. The number of hydrogen-bond donors (Lipinski definition) is 1. The molecule has 0 radical (unpaired) electrons. The summed E-state index contributed by atoms with van der Waals surface area (Å²) in [5.74, 6) is 0.818. The molecule has 0 saturated heterocycles. The standard InChI is InChI=1S/C11H21NO3S/c12-16(13,14)9-11(5-1-2-6-11)8-15-7-10-3-4-10/h10H,1-9H2,(H2,12,13,14). The maximum Gasteiger partial charge on any atom is 0.209 e. The molecule has 94 valence electrons. The molecule has 0 aromatic rings. The number of ether oxygens (including phenoxy) is 1. The van der Waals surface area contributed by atoms with Crippen LogP contribution in [0.4, 0.5) is 0 Å². The third-order valence-electron chi connectivity index (χ3n) is 3.63. The molecule has 2 rings (SSSR count). The maximum atomic E-state index is 11.2. The lowest BCUT2D eigenvalue weighted by Crippen LogP contribution is -2.35. The highest BCUT2D eigenvalue weighted by Gasteiger charge is 2.38. The van der Waals surface area contributed by atoms with Crippen molar-refractivity contribution in [2.75, 3.05) is 19.0 Å². The lowest BCUT2D eigenvalue weighted by Gasteiger charge is -2.27. The van der Waals surface area contributed by atoms with E-state index in [4.69, 9.17) is 9.88 Å². The fraction of sp³-hybridized carbons (Fsp3) is 1.00. The molecule has 2 fully saturated rings. The Hall–Kier alpha value is -0.130. The zero-order valence-corrected chi connectivity index (χ0v) is 10.5. The average Bonchev–Trinajstić information content (AvgIpc) is 2.85. The minimum Gasteiger partial charge on any atom is -0.381 e. The van der Waals surface area contributed by atoms with Crippen molar-refractivity contribution in [3.63, 3.8) is 0 Å². The van der Waals surface area contributed by atoms with E-state index in [9.17, 15) is 8.42 Å². The van der Waals surface area contributed by atoms with Gasteiger partial charge in [-0.2, -0.15) is 0 Å². The second-order valence-electron chi connectivity index (χ2n) is 5.47. The minimum absolute atomic E-state index is 0.0880. The molecule has 2 N–H and O–H groups in total. The van der Waals surface area contributed by atoms with Crippen LogP contribution < -0.4 is 5.14 Å². The molecule has 2 aliphatic carbocycles. The van der Waals surface area contributed by atoms with Crippen LogP contribution in [0.1, 0.15) is 38.5 Å². The first-order valence-corrected chi connectivity index (χ1v) is 7.79. The van der Waals surface area contributed by atoms with Gasteiger partial charge in [0.05, 0.1) is 12.4 Å². The lowest BCUT2D eigenvalue weighted by atomic mass is 9.90. The number of hydrogen-bond acceptors (Lipinski definition) is 3. The number of sulfonamides is 1. The Morgan fingerprint density at radius 1 is 1.25 bits per heavy atom. The topological polar surface area (TPSA) is 69.4 Å². The maximum absolute atomic E-state index is 11.2. The second kappa shape index (κ2) is 4.63. The van der Waals surface area contributed by atoms with Crippen LogP contribution in [0.5, 0.6) is 0 Å². The summed E-state index contributed by atoms with van der Waals surface area (Å²) >= 11 is 0. The molecular weight excluding hydrogens is 226 g/mol. The van der Waals surface area contributed by atoms with Crippen LogP contribution in [0.15, 0.2) is 0 Å². The number of nitrogens with two attached hydrogens (primary N) is 1. The van der Waals surface area contributed by atoms with Gasteiger partial charge >= 0.3 is 0 Å². The van der Waals surface area contributed by atoms with Crippen molar-refractivity contribution in [1.29, 1.82) is 0 Å². The van der Waals surface area contributed by atoms with E-state index in [2.05, 4.69) is 0 Å². The monoisotopic (exact) mass is 247 g/mol. The van der Waals surface area contributed by atoms with Gasteiger partial charge in [-0.3, -0.25) is 0 Å². The molecule has 5 heteroatoms. The van der Waals surface area contributed by atoms with Crippen LogP contribution in [0.2, 0.25) is 0 Å². The van der Waals surface area contributed by atoms with E-state index in [0.717, 1.165) is 38.2 Å². The Kier molecular flexibility index (Phi) is 3.56. The summed E-state index contributed by atoms with van der Waals surface area (Å²) in [6, 6.07) is 0. The van der Waals surface area contributed by atoms with Gasteiger partial charge < -0.3 is 4.74 Å². The molecule has 0 amide bonds. The summed E-state index contributed by atoms with van der Waals surface area (Å²) in [6.07, 6.45) is 6.61. The first-order valence-electron chi connectivity index (χ1n) is 6.07. The highest BCUT2D eigenvalue weighted by molar-refractivity contribution is 7.89.